The number of carbonyl (C=O) groups excluding carboxylic acids is 2. The third-order valence-corrected chi connectivity index (χ3v) is 2.47. The molecule has 0 saturated carbocycles. The summed E-state index contributed by atoms with van der Waals surface area (Å²) in [6.07, 6.45) is 0.821. The lowest BCUT2D eigenvalue weighted by molar-refractivity contribution is -0.144. The Labute approximate surface area is 90.4 Å². The van der Waals surface area contributed by atoms with Gasteiger partial charge in [0.15, 0.2) is 0 Å². The topological polar surface area (TPSA) is 81.4 Å². The van der Waals surface area contributed by atoms with Gasteiger partial charge in [0.05, 0.1) is 13.2 Å². The van der Waals surface area contributed by atoms with E-state index < -0.39 is 18.1 Å². The zero-order valence-electron chi connectivity index (χ0n) is 9.74. The van der Waals surface area contributed by atoms with E-state index >= 15 is 0 Å². The van der Waals surface area contributed by atoms with Gasteiger partial charge in [-0.15, -0.1) is 0 Å². The molecule has 0 rings (SSSR count). The van der Waals surface area contributed by atoms with E-state index in [9.17, 15) is 9.59 Å². The summed E-state index contributed by atoms with van der Waals surface area (Å²) in [6.45, 7) is 5.42. The maximum absolute atomic E-state index is 11.5. The minimum atomic E-state index is -0.655. The molecule has 0 bridgehead atoms. The monoisotopic (exact) mass is 216 g/mol. The summed E-state index contributed by atoms with van der Waals surface area (Å²) in [4.78, 5) is 22.6. The number of nitrogens with two attached hydrogens (primary N) is 1. The first-order chi connectivity index (χ1) is 6.93. The highest BCUT2D eigenvalue weighted by Crippen LogP contribution is 2.05. The van der Waals surface area contributed by atoms with Crippen LogP contribution in [0.4, 0.5) is 0 Å². The number of carbonyl (C=O) groups is 2. The quantitative estimate of drug-likeness (QED) is 0.636. The van der Waals surface area contributed by atoms with Gasteiger partial charge in [-0.25, -0.2) is 4.79 Å². The molecule has 0 radical (unpaired) electrons. The molecule has 0 fully saturated rings. The van der Waals surface area contributed by atoms with Crippen LogP contribution in [0.1, 0.15) is 27.2 Å². The van der Waals surface area contributed by atoms with Crippen LogP contribution in [0.15, 0.2) is 0 Å². The summed E-state index contributed by atoms with van der Waals surface area (Å²) in [5.41, 5.74) is 5.70. The van der Waals surface area contributed by atoms with Crippen LogP contribution in [0.5, 0.6) is 0 Å². The maximum atomic E-state index is 11.5. The Morgan fingerprint density at radius 2 is 1.93 bits per heavy atom. The van der Waals surface area contributed by atoms with Crippen LogP contribution in [0.2, 0.25) is 0 Å². The van der Waals surface area contributed by atoms with Crippen molar-refractivity contribution >= 4 is 11.9 Å². The number of nitrogens with one attached hydrogen (secondary N) is 1. The minimum Gasteiger partial charge on any atom is -0.467 e. The van der Waals surface area contributed by atoms with Crippen molar-refractivity contribution in [2.24, 2.45) is 11.7 Å². The van der Waals surface area contributed by atoms with Gasteiger partial charge in [0, 0.05) is 0 Å². The summed E-state index contributed by atoms with van der Waals surface area (Å²) in [5.74, 6) is -0.697. The van der Waals surface area contributed by atoms with Gasteiger partial charge >= 0.3 is 5.97 Å². The Hall–Kier alpha value is -1.10. The molecule has 0 aliphatic heterocycles. The van der Waals surface area contributed by atoms with E-state index in [0.717, 1.165) is 6.42 Å². The van der Waals surface area contributed by atoms with Gasteiger partial charge < -0.3 is 15.8 Å². The summed E-state index contributed by atoms with van der Waals surface area (Å²) < 4.78 is 4.48. The fourth-order valence-electron chi connectivity index (χ4n) is 1.06. The average molecular weight is 216 g/mol. The molecule has 3 N–H and O–H groups in total. The molecule has 15 heavy (non-hydrogen) atoms. The van der Waals surface area contributed by atoms with Crippen LogP contribution in [0.25, 0.3) is 0 Å². The van der Waals surface area contributed by atoms with E-state index in [0.29, 0.717) is 0 Å². The molecular formula is C10H20N2O3. The fraction of sp³-hybridized carbons (Fsp3) is 0.800. The van der Waals surface area contributed by atoms with Gasteiger partial charge in [-0.05, 0) is 12.8 Å². The summed E-state index contributed by atoms with van der Waals surface area (Å²) in [7, 11) is 1.28. The van der Waals surface area contributed by atoms with Crippen molar-refractivity contribution in [3.63, 3.8) is 0 Å². The lowest BCUT2D eigenvalue weighted by Crippen LogP contribution is -2.49. The number of rotatable bonds is 5. The second-order valence-corrected chi connectivity index (χ2v) is 3.66. The number of hydrogen-bond donors (Lipinski definition) is 2. The lowest BCUT2D eigenvalue weighted by Gasteiger charge is -2.19. The van der Waals surface area contributed by atoms with Crippen molar-refractivity contribution in [3.05, 3.63) is 0 Å². The molecular weight excluding hydrogens is 196 g/mol. The van der Waals surface area contributed by atoms with Gasteiger partial charge in [0.1, 0.15) is 6.04 Å². The normalized spacial score (nSPS) is 16.3. The van der Waals surface area contributed by atoms with E-state index in [2.05, 4.69) is 10.1 Å². The third kappa shape index (κ3) is 4.29. The standard InChI is InChI=1S/C10H20N2O3/c1-5-6(2)8(11)9(13)12-7(3)10(14)15-4/h6-8H,5,11H2,1-4H3,(H,12,13)/t6-,7-,8-/m0/s1. The van der Waals surface area contributed by atoms with E-state index in [1.54, 1.807) is 6.92 Å². The van der Waals surface area contributed by atoms with Crippen LogP contribution in [0, 0.1) is 5.92 Å². The number of ether oxygens (including phenoxy) is 1. The van der Waals surface area contributed by atoms with Crippen LogP contribution < -0.4 is 11.1 Å². The second kappa shape index (κ2) is 6.40. The minimum absolute atomic E-state index is 0.0925. The molecule has 0 aromatic rings. The van der Waals surface area contributed by atoms with Crippen molar-refractivity contribution in [1.82, 2.24) is 5.32 Å². The molecule has 5 nitrogen and oxygen atoms in total. The molecule has 5 heteroatoms. The summed E-state index contributed by atoms with van der Waals surface area (Å²) in [5, 5.41) is 2.51. The summed E-state index contributed by atoms with van der Waals surface area (Å²) in [6, 6.07) is -1.24. The maximum Gasteiger partial charge on any atom is 0.328 e. The average Bonchev–Trinajstić information content (AvgIpc) is 2.25. The second-order valence-electron chi connectivity index (χ2n) is 3.66. The highest BCUT2D eigenvalue weighted by atomic mass is 16.5. The molecule has 0 aliphatic carbocycles. The molecule has 0 unspecified atom stereocenters. The molecule has 0 aromatic carbocycles. The number of hydrogen-bond acceptors (Lipinski definition) is 4. The zero-order valence-corrected chi connectivity index (χ0v) is 9.74. The van der Waals surface area contributed by atoms with Crippen LogP contribution in [-0.4, -0.2) is 31.1 Å². The number of esters is 1. The van der Waals surface area contributed by atoms with Crippen molar-refractivity contribution in [1.29, 1.82) is 0 Å². The molecule has 0 aliphatic rings. The van der Waals surface area contributed by atoms with Gasteiger partial charge in [0.2, 0.25) is 5.91 Å². The van der Waals surface area contributed by atoms with Crippen molar-refractivity contribution in [3.8, 4) is 0 Å². The zero-order chi connectivity index (χ0) is 12.0. The summed E-state index contributed by atoms with van der Waals surface area (Å²) >= 11 is 0. The number of amides is 1. The van der Waals surface area contributed by atoms with Gasteiger partial charge in [0.25, 0.3) is 0 Å². The van der Waals surface area contributed by atoms with E-state index in [4.69, 9.17) is 5.73 Å². The van der Waals surface area contributed by atoms with Crippen LogP contribution in [0.3, 0.4) is 0 Å². The SMILES string of the molecule is CC[C@H](C)[C@H](N)C(=O)N[C@@H](C)C(=O)OC. The molecule has 0 aromatic heterocycles. The Morgan fingerprint density at radius 1 is 1.40 bits per heavy atom. The first-order valence-electron chi connectivity index (χ1n) is 5.07. The van der Waals surface area contributed by atoms with Gasteiger partial charge in [-0.3, -0.25) is 4.79 Å². The Balaban J connectivity index is 4.18. The van der Waals surface area contributed by atoms with E-state index in [1.165, 1.54) is 7.11 Å². The van der Waals surface area contributed by atoms with Crippen molar-refractivity contribution in [2.75, 3.05) is 7.11 Å². The fourth-order valence-corrected chi connectivity index (χ4v) is 1.06. The Morgan fingerprint density at radius 3 is 2.33 bits per heavy atom. The van der Waals surface area contributed by atoms with Crippen LogP contribution >= 0.6 is 0 Å². The van der Waals surface area contributed by atoms with Crippen LogP contribution in [-0.2, 0) is 14.3 Å². The molecule has 0 spiro atoms. The number of methoxy groups -OCH3 is 1. The van der Waals surface area contributed by atoms with E-state index in [1.807, 2.05) is 13.8 Å². The molecule has 88 valence electrons. The highest BCUT2D eigenvalue weighted by Gasteiger charge is 2.23. The largest absolute Gasteiger partial charge is 0.467 e. The predicted octanol–water partition coefficient (Wildman–Crippen LogP) is 0.0375. The molecule has 3 atom stereocenters. The third-order valence-electron chi connectivity index (χ3n) is 2.47. The Bertz CT molecular complexity index is 231. The van der Waals surface area contributed by atoms with Crippen molar-refractivity contribution in [2.45, 2.75) is 39.3 Å². The van der Waals surface area contributed by atoms with Crippen molar-refractivity contribution < 1.29 is 14.3 Å². The molecule has 0 heterocycles. The predicted molar refractivity (Wildman–Crippen MR) is 57.1 cm³/mol. The van der Waals surface area contributed by atoms with Gasteiger partial charge in [-0.1, -0.05) is 20.3 Å². The first kappa shape index (κ1) is 13.9. The lowest BCUT2D eigenvalue weighted by atomic mass is 9.99. The molecule has 1 amide bonds. The highest BCUT2D eigenvalue weighted by molar-refractivity contribution is 5.87. The molecule has 0 saturated heterocycles. The first-order valence-corrected chi connectivity index (χ1v) is 5.07. The Kier molecular flexibility index (Phi) is 5.93. The van der Waals surface area contributed by atoms with Gasteiger partial charge in [-0.2, -0.15) is 0 Å². The van der Waals surface area contributed by atoms with E-state index in [-0.39, 0.29) is 11.8 Å². The smallest absolute Gasteiger partial charge is 0.328 e.